The summed E-state index contributed by atoms with van der Waals surface area (Å²) in [7, 11) is 0. The van der Waals surface area contributed by atoms with Gasteiger partial charge in [0.2, 0.25) is 0 Å². The average molecular weight is 1140 g/mol. The van der Waals surface area contributed by atoms with E-state index in [9.17, 15) is 0 Å². The second-order valence-corrected chi connectivity index (χ2v) is 30.4. The smallest absolute Gasteiger partial charge is 0.308 e. The third-order valence-electron chi connectivity index (χ3n) is 17.6. The first-order valence-corrected chi connectivity index (χ1v) is 29.9. The van der Waals surface area contributed by atoms with E-state index in [0.717, 1.165) is 86.8 Å². The van der Waals surface area contributed by atoms with Gasteiger partial charge in [0.25, 0.3) is 0 Å². The number of anilines is 6. The Morgan fingerprint density at radius 3 is 0.866 bits per heavy atom. The maximum absolute atomic E-state index is 15.9. The van der Waals surface area contributed by atoms with Gasteiger partial charge in [-0.05, 0) is 184 Å². The van der Waals surface area contributed by atoms with E-state index in [4.69, 9.17) is 0 Å². The van der Waals surface area contributed by atoms with E-state index in [1.807, 2.05) is 110 Å². The maximum atomic E-state index is 15.9. The van der Waals surface area contributed by atoms with Crippen LogP contribution in [0.1, 0.15) is 166 Å². The second-order valence-electron chi connectivity index (χ2n) is 28.2. The van der Waals surface area contributed by atoms with Crippen molar-refractivity contribution in [2.45, 2.75) is 175 Å². The molecular formula is C72H70F6N2S2. The summed E-state index contributed by atoms with van der Waals surface area (Å²) in [6, 6.07) is 43.5. The number of benzene rings is 8. The monoisotopic (exact) mass is 1140 g/mol. The van der Waals surface area contributed by atoms with Gasteiger partial charge in [-0.3, -0.25) is 0 Å². The summed E-state index contributed by atoms with van der Waals surface area (Å²) in [5, 5.41) is 0. The predicted molar refractivity (Wildman–Crippen MR) is 329 cm³/mol. The van der Waals surface area contributed by atoms with Crippen molar-refractivity contribution in [2.24, 2.45) is 0 Å². The minimum absolute atomic E-state index is 0.149. The van der Waals surface area contributed by atoms with Crippen LogP contribution in [0.3, 0.4) is 0 Å². The van der Waals surface area contributed by atoms with Crippen LogP contribution in [-0.2, 0) is 44.8 Å². The molecule has 422 valence electrons. The molecule has 0 amide bonds. The molecule has 10 heteroatoms. The summed E-state index contributed by atoms with van der Waals surface area (Å²) in [6.07, 6.45) is -9.38. The highest BCUT2D eigenvalue weighted by molar-refractivity contribution is 8.00. The number of fused-ring (bicyclic) bond motifs is 10. The molecule has 2 nitrogen and oxygen atoms in total. The molecule has 4 aliphatic rings. The highest BCUT2D eigenvalue weighted by Crippen LogP contribution is 2.61. The van der Waals surface area contributed by atoms with Crippen LogP contribution in [-0.4, -0.2) is 0 Å². The molecule has 0 aromatic heterocycles. The van der Waals surface area contributed by atoms with Crippen molar-refractivity contribution in [1.29, 1.82) is 0 Å². The van der Waals surface area contributed by atoms with Gasteiger partial charge < -0.3 is 9.80 Å². The lowest BCUT2D eigenvalue weighted by Gasteiger charge is -2.36. The summed E-state index contributed by atoms with van der Waals surface area (Å²) in [5.41, 5.74) is 10.5. The van der Waals surface area contributed by atoms with Gasteiger partial charge in [-0.15, -0.1) is 0 Å². The van der Waals surface area contributed by atoms with Crippen LogP contribution in [0.15, 0.2) is 153 Å². The third kappa shape index (κ3) is 9.01. The molecule has 82 heavy (non-hydrogen) atoms. The SMILES string of the molecule is CC(C)(C)c1ccc2c(c1)Sc1cc(C(C)(C)C)ccc1N2c1cc2c(c(C(F)(F)F)c1)C(C)(C)c1cc(-c3ccc4c(c3)C(C)(C)c3c-4cc(N4c5ccc(C(C)(C)C)cc5Sc5cc(C(C)(C)C)ccc54)cc3C(F)(F)F)ccc1-2. The van der Waals surface area contributed by atoms with E-state index in [1.165, 1.54) is 12.1 Å². The van der Waals surface area contributed by atoms with Crippen molar-refractivity contribution in [1.82, 2.24) is 0 Å². The molecule has 2 aliphatic heterocycles. The number of nitrogens with zero attached hydrogens (tertiary/aromatic N) is 2. The van der Waals surface area contributed by atoms with E-state index in [-0.39, 0.29) is 32.8 Å². The zero-order valence-electron chi connectivity index (χ0n) is 49.7. The molecule has 12 rings (SSSR count). The summed E-state index contributed by atoms with van der Waals surface area (Å²) < 4.78 is 95.7. The molecular weight excluding hydrogens is 1070 g/mol. The van der Waals surface area contributed by atoms with E-state index < -0.39 is 34.3 Å². The Balaban J connectivity index is 0.981. The first-order chi connectivity index (χ1) is 37.9. The van der Waals surface area contributed by atoms with Gasteiger partial charge >= 0.3 is 12.4 Å². The Labute approximate surface area is 488 Å². The van der Waals surface area contributed by atoms with Crippen LogP contribution >= 0.6 is 23.5 Å². The van der Waals surface area contributed by atoms with Crippen molar-refractivity contribution in [3.05, 3.63) is 189 Å². The minimum Gasteiger partial charge on any atom is -0.308 e. The molecule has 0 fully saturated rings. The van der Waals surface area contributed by atoms with Gasteiger partial charge in [-0.2, -0.15) is 26.3 Å². The Morgan fingerprint density at radius 1 is 0.329 bits per heavy atom. The maximum Gasteiger partial charge on any atom is 0.416 e. The van der Waals surface area contributed by atoms with Crippen molar-refractivity contribution in [3.8, 4) is 33.4 Å². The van der Waals surface area contributed by atoms with E-state index in [0.29, 0.717) is 33.6 Å². The Kier molecular flexibility index (Phi) is 12.4. The van der Waals surface area contributed by atoms with Gasteiger partial charge in [0.05, 0.1) is 33.9 Å². The van der Waals surface area contributed by atoms with Crippen molar-refractivity contribution >= 4 is 57.6 Å². The van der Waals surface area contributed by atoms with Crippen LogP contribution in [0.25, 0.3) is 33.4 Å². The quantitative estimate of drug-likeness (QED) is 0.163. The first kappa shape index (κ1) is 56.1. The molecule has 0 radical (unpaired) electrons. The van der Waals surface area contributed by atoms with Crippen LogP contribution in [0.5, 0.6) is 0 Å². The summed E-state index contributed by atoms with van der Waals surface area (Å²) >= 11 is 3.31. The lowest BCUT2D eigenvalue weighted by atomic mass is 9.78. The lowest BCUT2D eigenvalue weighted by molar-refractivity contribution is -0.139. The van der Waals surface area contributed by atoms with E-state index >= 15 is 26.3 Å². The van der Waals surface area contributed by atoms with Gasteiger partial charge in [-0.25, -0.2) is 0 Å². The molecule has 0 N–H and O–H groups in total. The summed E-state index contributed by atoms with van der Waals surface area (Å²) in [5.74, 6) is 0. The molecule has 0 saturated heterocycles. The van der Waals surface area contributed by atoms with Gasteiger partial charge in [0, 0.05) is 41.8 Å². The molecule has 8 aromatic rings. The topological polar surface area (TPSA) is 6.48 Å². The fraction of sp³-hybridized carbons (Fsp3) is 0.333. The second kappa shape index (κ2) is 18.1. The number of halogens is 6. The minimum atomic E-state index is -4.69. The van der Waals surface area contributed by atoms with Gasteiger partial charge in [0.1, 0.15) is 0 Å². The van der Waals surface area contributed by atoms with Crippen LogP contribution in [0.2, 0.25) is 0 Å². The van der Waals surface area contributed by atoms with Crippen molar-refractivity contribution in [2.75, 3.05) is 9.80 Å². The average Bonchev–Trinajstić information content (AvgIpc) is 3.72. The number of hydrogen-bond donors (Lipinski definition) is 0. The normalized spacial score (nSPS) is 16.0. The molecule has 8 aromatic carbocycles. The molecule has 2 heterocycles. The van der Waals surface area contributed by atoms with Crippen molar-refractivity contribution in [3.63, 3.8) is 0 Å². The Hall–Kier alpha value is -6.36. The van der Waals surface area contributed by atoms with Gasteiger partial charge in [0.15, 0.2) is 0 Å². The molecule has 0 bridgehead atoms. The number of alkyl halides is 6. The molecule has 0 spiro atoms. The zero-order chi connectivity index (χ0) is 59.1. The highest BCUT2D eigenvalue weighted by atomic mass is 32.2. The number of rotatable bonds is 3. The predicted octanol–water partition coefficient (Wildman–Crippen LogP) is 23.1. The van der Waals surface area contributed by atoms with E-state index in [1.54, 1.807) is 23.5 Å². The lowest BCUT2D eigenvalue weighted by Crippen LogP contribution is -2.23. The third-order valence-corrected chi connectivity index (χ3v) is 19.8. The van der Waals surface area contributed by atoms with Crippen LogP contribution in [0, 0.1) is 0 Å². The molecule has 0 unspecified atom stereocenters. The summed E-state index contributed by atoms with van der Waals surface area (Å²) in [4.78, 5) is 7.90. The molecule has 2 aliphatic carbocycles. The van der Waals surface area contributed by atoms with Crippen molar-refractivity contribution < 1.29 is 26.3 Å². The Morgan fingerprint density at radius 2 is 0.610 bits per heavy atom. The number of hydrogen-bond acceptors (Lipinski definition) is 4. The van der Waals surface area contributed by atoms with Crippen LogP contribution < -0.4 is 9.80 Å². The fourth-order valence-electron chi connectivity index (χ4n) is 13.0. The summed E-state index contributed by atoms with van der Waals surface area (Å²) in [6.45, 7) is 33.4. The highest BCUT2D eigenvalue weighted by Gasteiger charge is 2.48. The largest absolute Gasteiger partial charge is 0.416 e. The van der Waals surface area contributed by atoms with Gasteiger partial charge in [-0.1, -0.05) is 183 Å². The van der Waals surface area contributed by atoms with Crippen LogP contribution in [0.4, 0.5) is 60.5 Å². The Bertz CT molecular complexity index is 3630. The molecule has 0 saturated carbocycles. The standard InChI is InChI=1S/C72H70F6N2S2/c1-65(2,3)41-19-25-55-59(31-41)81-60-32-42(66(4,5)6)20-26-56(60)79(55)45-35-49-47-23-17-39(29-51(47)69(13,14)63(49)53(37-45)71(73,74)75)40-18-24-48-50-36-46(38-54(72(76,77)78)64(50)70(15,16)52(48)30-40)80-57-27-21-43(67(7,8)9)33-61(57)82-62-34-44(68(10,11)12)22-28-58(62)80/h17-38H,1-16H3. The molecule has 0 atom stereocenters. The zero-order valence-corrected chi connectivity index (χ0v) is 51.3. The fourth-order valence-corrected chi connectivity index (χ4v) is 15.3. The van der Waals surface area contributed by atoms with E-state index in [2.05, 4.69) is 132 Å². The first-order valence-electron chi connectivity index (χ1n) is 28.3.